The Morgan fingerprint density at radius 1 is 0.516 bits per heavy atom. The maximum absolute atomic E-state index is 9.38. The maximum atomic E-state index is 9.38. The molecular weight excluding hydrogens is 388 g/mol. The Hall–Kier alpha value is -3.92. The van der Waals surface area contributed by atoms with Gasteiger partial charge < -0.3 is 19.7 Å². The first-order chi connectivity index (χ1) is 15.1. The third-order valence-electron chi connectivity index (χ3n) is 5.12. The van der Waals surface area contributed by atoms with Crippen LogP contribution >= 0.6 is 0 Å². The largest absolute Gasteiger partial charge is 0.508 e. The highest BCUT2D eigenvalue weighted by Crippen LogP contribution is 2.32. The number of ether oxygens (including phenoxy) is 2. The van der Waals surface area contributed by atoms with E-state index in [0.717, 1.165) is 17.9 Å². The van der Waals surface area contributed by atoms with Gasteiger partial charge in [0.05, 0.1) is 0 Å². The van der Waals surface area contributed by atoms with Crippen molar-refractivity contribution in [3.8, 4) is 34.5 Å². The van der Waals surface area contributed by atoms with E-state index in [4.69, 9.17) is 9.47 Å². The van der Waals surface area contributed by atoms with Crippen molar-refractivity contribution < 1.29 is 19.7 Å². The average Bonchev–Trinajstić information content (AvgIpc) is 2.80. The molecule has 2 N–H and O–H groups in total. The van der Waals surface area contributed by atoms with E-state index in [9.17, 15) is 10.2 Å². The number of phenolic OH excluding ortho intramolecular Hbond substituents is 2. The monoisotopic (exact) mass is 412 g/mol. The molecule has 0 unspecified atom stereocenters. The van der Waals surface area contributed by atoms with Crippen molar-refractivity contribution in [1.82, 2.24) is 0 Å². The molecule has 0 radical (unpaired) electrons. The first-order valence-corrected chi connectivity index (χ1v) is 10.2. The van der Waals surface area contributed by atoms with Gasteiger partial charge in [-0.05, 0) is 90.3 Å². The summed E-state index contributed by atoms with van der Waals surface area (Å²) < 4.78 is 11.7. The minimum absolute atomic E-state index is 0.216. The minimum atomic E-state index is 0.216. The molecule has 0 saturated carbocycles. The summed E-state index contributed by atoms with van der Waals surface area (Å²) in [7, 11) is 0. The van der Waals surface area contributed by atoms with Gasteiger partial charge in [0.15, 0.2) is 0 Å². The zero-order valence-electron chi connectivity index (χ0n) is 17.2. The van der Waals surface area contributed by atoms with Crippen LogP contribution in [0, 0.1) is 0 Å². The van der Waals surface area contributed by atoms with Crippen LogP contribution in [-0.4, -0.2) is 10.2 Å². The number of phenols is 2. The lowest BCUT2D eigenvalue weighted by molar-refractivity contribution is 0.464. The normalized spacial score (nSPS) is 10.8. The summed E-state index contributed by atoms with van der Waals surface area (Å²) in [5.41, 5.74) is 2.43. The van der Waals surface area contributed by atoms with Crippen LogP contribution in [0.4, 0.5) is 0 Å². The Balaban J connectivity index is 1.45. The third-order valence-corrected chi connectivity index (χ3v) is 5.12. The van der Waals surface area contributed by atoms with Crippen LogP contribution in [-0.2, 0) is 0 Å². The molecule has 0 saturated heterocycles. The number of aromatic hydroxyl groups is 2. The molecule has 4 rings (SSSR count). The van der Waals surface area contributed by atoms with Gasteiger partial charge in [0.2, 0.25) is 0 Å². The van der Waals surface area contributed by atoms with Gasteiger partial charge in [-0.3, -0.25) is 0 Å². The molecule has 0 atom stereocenters. The summed E-state index contributed by atoms with van der Waals surface area (Å²) >= 11 is 0. The van der Waals surface area contributed by atoms with E-state index >= 15 is 0 Å². The van der Waals surface area contributed by atoms with Gasteiger partial charge in [-0.15, -0.1) is 0 Å². The highest BCUT2D eigenvalue weighted by molar-refractivity contribution is 5.41. The van der Waals surface area contributed by atoms with Crippen molar-refractivity contribution in [1.29, 1.82) is 0 Å². The second kappa shape index (κ2) is 9.26. The Bertz CT molecular complexity index is 1010. The van der Waals surface area contributed by atoms with Crippen molar-refractivity contribution >= 4 is 0 Å². The summed E-state index contributed by atoms with van der Waals surface area (Å²) in [6.45, 7) is 2.17. The quantitative estimate of drug-likeness (QED) is 0.336. The van der Waals surface area contributed by atoms with Crippen LogP contribution in [0.5, 0.6) is 34.5 Å². The van der Waals surface area contributed by atoms with Gasteiger partial charge in [-0.25, -0.2) is 0 Å². The number of hydrogen-bond donors (Lipinski definition) is 2. The molecule has 0 heterocycles. The first-order valence-electron chi connectivity index (χ1n) is 10.2. The molecule has 4 nitrogen and oxygen atoms in total. The Kier molecular flexibility index (Phi) is 6.08. The van der Waals surface area contributed by atoms with Crippen molar-refractivity contribution in [2.45, 2.75) is 19.3 Å². The standard InChI is InChI=1S/C27H24O4/c1-2-27(19-3-11-23(12-4-19)30-25-15-7-21(28)8-16-25)20-5-13-24(14-6-20)31-26-17-9-22(29)10-18-26/h3-18,27-29H,2H2,1H3. The van der Waals surface area contributed by atoms with E-state index in [0.29, 0.717) is 11.5 Å². The molecule has 0 fully saturated rings. The number of rotatable bonds is 7. The predicted octanol–water partition coefficient (Wildman–Crippen LogP) is 7.22. The zero-order valence-corrected chi connectivity index (χ0v) is 17.2. The SMILES string of the molecule is CCC(c1ccc(Oc2ccc(O)cc2)cc1)c1ccc(Oc2ccc(O)cc2)cc1. The molecule has 156 valence electrons. The van der Waals surface area contributed by atoms with Gasteiger partial charge in [0, 0.05) is 5.92 Å². The minimum Gasteiger partial charge on any atom is -0.508 e. The summed E-state index contributed by atoms with van der Waals surface area (Å²) in [5, 5.41) is 18.8. The fourth-order valence-corrected chi connectivity index (χ4v) is 3.50. The van der Waals surface area contributed by atoms with Crippen LogP contribution in [0.2, 0.25) is 0 Å². The Labute approximate surface area is 182 Å². The average molecular weight is 412 g/mol. The fourth-order valence-electron chi connectivity index (χ4n) is 3.50. The van der Waals surface area contributed by atoms with Gasteiger partial charge in [-0.1, -0.05) is 31.2 Å². The van der Waals surface area contributed by atoms with Gasteiger partial charge in [0.25, 0.3) is 0 Å². The highest BCUT2D eigenvalue weighted by atomic mass is 16.5. The first kappa shape index (κ1) is 20.4. The maximum Gasteiger partial charge on any atom is 0.127 e. The van der Waals surface area contributed by atoms with E-state index in [1.807, 2.05) is 24.3 Å². The number of benzene rings is 4. The van der Waals surface area contributed by atoms with E-state index in [2.05, 4.69) is 31.2 Å². The Morgan fingerprint density at radius 3 is 1.10 bits per heavy atom. The molecule has 0 amide bonds. The summed E-state index contributed by atoms with van der Waals surface area (Å²) in [4.78, 5) is 0. The van der Waals surface area contributed by atoms with E-state index in [1.165, 1.54) is 11.1 Å². The van der Waals surface area contributed by atoms with Crippen molar-refractivity contribution in [3.63, 3.8) is 0 Å². The van der Waals surface area contributed by atoms with Crippen molar-refractivity contribution in [2.24, 2.45) is 0 Å². The summed E-state index contributed by atoms with van der Waals surface area (Å²) in [6.07, 6.45) is 0.969. The molecule has 4 aromatic rings. The zero-order chi connectivity index (χ0) is 21.6. The molecule has 0 aromatic heterocycles. The van der Waals surface area contributed by atoms with Crippen molar-refractivity contribution in [2.75, 3.05) is 0 Å². The molecule has 0 aliphatic rings. The van der Waals surface area contributed by atoms with Gasteiger partial charge in [0.1, 0.15) is 34.5 Å². The molecular formula is C27H24O4. The second-order valence-corrected chi connectivity index (χ2v) is 7.29. The van der Waals surface area contributed by atoms with Crippen molar-refractivity contribution in [3.05, 3.63) is 108 Å². The third kappa shape index (κ3) is 5.17. The molecule has 4 aromatic carbocycles. The molecule has 31 heavy (non-hydrogen) atoms. The van der Waals surface area contributed by atoms with Gasteiger partial charge >= 0.3 is 0 Å². The molecule has 0 aliphatic heterocycles. The Morgan fingerprint density at radius 2 is 0.806 bits per heavy atom. The van der Waals surface area contributed by atoms with E-state index in [1.54, 1.807) is 48.5 Å². The van der Waals surface area contributed by atoms with Crippen LogP contribution in [0.3, 0.4) is 0 Å². The highest BCUT2D eigenvalue weighted by Gasteiger charge is 2.13. The predicted molar refractivity (Wildman–Crippen MR) is 121 cm³/mol. The molecule has 0 aliphatic carbocycles. The van der Waals surface area contributed by atoms with Crippen LogP contribution in [0.15, 0.2) is 97.1 Å². The topological polar surface area (TPSA) is 58.9 Å². The van der Waals surface area contributed by atoms with Crippen LogP contribution in [0.25, 0.3) is 0 Å². The fraction of sp³-hybridized carbons (Fsp3) is 0.111. The van der Waals surface area contributed by atoms with E-state index in [-0.39, 0.29) is 17.4 Å². The summed E-state index contributed by atoms with van der Waals surface area (Å²) in [6, 6.07) is 29.6. The lowest BCUT2D eigenvalue weighted by atomic mass is 9.89. The van der Waals surface area contributed by atoms with E-state index < -0.39 is 0 Å². The summed E-state index contributed by atoms with van der Waals surface area (Å²) in [5.74, 6) is 3.57. The molecule has 0 spiro atoms. The van der Waals surface area contributed by atoms with Crippen LogP contribution < -0.4 is 9.47 Å². The second-order valence-electron chi connectivity index (χ2n) is 7.29. The number of hydrogen-bond acceptors (Lipinski definition) is 4. The van der Waals surface area contributed by atoms with Crippen LogP contribution in [0.1, 0.15) is 30.4 Å². The molecule has 4 heteroatoms. The molecule has 0 bridgehead atoms. The smallest absolute Gasteiger partial charge is 0.127 e. The lowest BCUT2D eigenvalue weighted by Gasteiger charge is -2.17. The lowest BCUT2D eigenvalue weighted by Crippen LogP contribution is -1.99. The van der Waals surface area contributed by atoms with Gasteiger partial charge in [-0.2, -0.15) is 0 Å².